The minimum Gasteiger partial charge on any atom is -0.496 e. The molecule has 1 aliphatic rings. The molecule has 0 N–H and O–H groups in total. The number of rotatable bonds is 6. The second kappa shape index (κ2) is 6.55. The number of ketones is 1. The van der Waals surface area contributed by atoms with Crippen molar-refractivity contribution in [2.24, 2.45) is 0 Å². The van der Waals surface area contributed by atoms with E-state index in [0.717, 1.165) is 32.3 Å². The van der Waals surface area contributed by atoms with Crippen molar-refractivity contribution in [1.29, 1.82) is 0 Å². The van der Waals surface area contributed by atoms with Gasteiger partial charge in [-0.1, -0.05) is 12.1 Å². The van der Waals surface area contributed by atoms with Crippen molar-refractivity contribution in [2.45, 2.75) is 38.2 Å². The fourth-order valence-electron chi connectivity index (χ4n) is 2.37. The van der Waals surface area contributed by atoms with Crippen LogP contribution in [0.2, 0.25) is 0 Å². The number of hydrogen-bond acceptors (Lipinski definition) is 3. The van der Waals surface area contributed by atoms with Gasteiger partial charge in [0.15, 0.2) is 5.78 Å². The third-order valence-corrected chi connectivity index (χ3v) is 3.36. The number of benzene rings is 1. The van der Waals surface area contributed by atoms with Crippen molar-refractivity contribution in [1.82, 2.24) is 0 Å². The van der Waals surface area contributed by atoms with Crippen LogP contribution in [-0.4, -0.2) is 25.6 Å². The van der Waals surface area contributed by atoms with Gasteiger partial charge in [0, 0.05) is 13.0 Å². The van der Waals surface area contributed by atoms with Gasteiger partial charge in [-0.2, -0.15) is 0 Å². The number of methoxy groups -OCH3 is 1. The number of Topliss-reactive ketones (excluding diaryl/α,β-unsaturated/α-hetero) is 1. The zero-order valence-corrected chi connectivity index (χ0v) is 10.9. The molecule has 1 atom stereocenters. The molecule has 0 radical (unpaired) electrons. The highest BCUT2D eigenvalue weighted by molar-refractivity contribution is 5.98. The molecule has 0 amide bonds. The van der Waals surface area contributed by atoms with Gasteiger partial charge in [0.2, 0.25) is 0 Å². The predicted molar refractivity (Wildman–Crippen MR) is 70.1 cm³/mol. The Kier molecular flexibility index (Phi) is 4.76. The number of carbonyl (C=O) groups is 1. The Morgan fingerprint density at radius 1 is 1.44 bits per heavy atom. The van der Waals surface area contributed by atoms with Gasteiger partial charge in [0.25, 0.3) is 0 Å². The van der Waals surface area contributed by atoms with E-state index in [2.05, 4.69) is 0 Å². The highest BCUT2D eigenvalue weighted by atomic mass is 16.5. The van der Waals surface area contributed by atoms with Crippen LogP contribution in [0.4, 0.5) is 0 Å². The van der Waals surface area contributed by atoms with E-state index in [1.807, 2.05) is 24.3 Å². The molecule has 3 nitrogen and oxygen atoms in total. The summed E-state index contributed by atoms with van der Waals surface area (Å²) in [5.41, 5.74) is 0.687. The standard InChI is InChI=1S/C15H20O3/c1-17-15-10-3-2-8-13(15)14(16)9-4-6-12-7-5-11-18-12/h2-3,8,10,12H,4-7,9,11H2,1H3. The molecule has 3 heteroatoms. The molecule has 18 heavy (non-hydrogen) atoms. The maximum atomic E-state index is 12.1. The summed E-state index contributed by atoms with van der Waals surface area (Å²) >= 11 is 0. The Balaban J connectivity index is 1.83. The lowest BCUT2D eigenvalue weighted by molar-refractivity contribution is 0.0921. The number of carbonyl (C=O) groups excluding carboxylic acids is 1. The van der Waals surface area contributed by atoms with Crippen LogP contribution in [0.25, 0.3) is 0 Å². The zero-order chi connectivity index (χ0) is 12.8. The van der Waals surface area contributed by atoms with Gasteiger partial charge in [0.05, 0.1) is 18.8 Å². The molecule has 98 valence electrons. The van der Waals surface area contributed by atoms with Gasteiger partial charge in [-0.15, -0.1) is 0 Å². The van der Waals surface area contributed by atoms with E-state index in [1.54, 1.807) is 7.11 Å². The first-order valence-corrected chi connectivity index (χ1v) is 6.59. The van der Waals surface area contributed by atoms with Crippen molar-refractivity contribution >= 4 is 5.78 Å². The molecule has 1 heterocycles. The van der Waals surface area contributed by atoms with Crippen LogP contribution >= 0.6 is 0 Å². The number of ether oxygens (including phenoxy) is 2. The average Bonchev–Trinajstić information content (AvgIpc) is 2.91. The summed E-state index contributed by atoms with van der Waals surface area (Å²) < 4.78 is 10.8. The fourth-order valence-corrected chi connectivity index (χ4v) is 2.37. The predicted octanol–water partition coefficient (Wildman–Crippen LogP) is 3.23. The first-order chi connectivity index (χ1) is 8.81. The zero-order valence-electron chi connectivity index (χ0n) is 10.9. The van der Waals surface area contributed by atoms with Crippen molar-refractivity contribution in [3.05, 3.63) is 29.8 Å². The molecule has 1 fully saturated rings. The Morgan fingerprint density at radius 2 is 2.28 bits per heavy atom. The van der Waals surface area contributed by atoms with Crippen LogP contribution in [0, 0.1) is 0 Å². The van der Waals surface area contributed by atoms with Crippen molar-refractivity contribution in [2.75, 3.05) is 13.7 Å². The normalized spacial score (nSPS) is 18.8. The lowest BCUT2D eigenvalue weighted by atomic mass is 10.0. The van der Waals surface area contributed by atoms with Gasteiger partial charge >= 0.3 is 0 Å². The molecule has 0 aliphatic carbocycles. The number of para-hydroxylation sites is 1. The lowest BCUT2D eigenvalue weighted by Crippen LogP contribution is -2.07. The monoisotopic (exact) mass is 248 g/mol. The molecule has 2 rings (SSSR count). The quantitative estimate of drug-likeness (QED) is 0.725. The summed E-state index contributed by atoms with van der Waals surface area (Å²) in [7, 11) is 1.60. The number of hydrogen-bond donors (Lipinski definition) is 0. The maximum Gasteiger partial charge on any atom is 0.166 e. The molecule has 1 aromatic carbocycles. The Bertz CT molecular complexity index is 394. The van der Waals surface area contributed by atoms with Gasteiger partial charge < -0.3 is 9.47 Å². The molecule has 0 saturated carbocycles. The third-order valence-electron chi connectivity index (χ3n) is 3.36. The molecule has 1 saturated heterocycles. The molecule has 1 aromatic rings. The SMILES string of the molecule is COc1ccccc1C(=O)CCCC1CCCO1. The van der Waals surface area contributed by atoms with Crippen LogP contribution in [0.15, 0.2) is 24.3 Å². The third kappa shape index (κ3) is 3.33. The molecule has 1 aliphatic heterocycles. The largest absolute Gasteiger partial charge is 0.496 e. The summed E-state index contributed by atoms with van der Waals surface area (Å²) in [4.78, 5) is 12.1. The van der Waals surface area contributed by atoms with E-state index in [-0.39, 0.29) is 5.78 Å². The Hall–Kier alpha value is -1.35. The summed E-state index contributed by atoms with van der Waals surface area (Å²) in [5.74, 6) is 0.824. The van der Waals surface area contributed by atoms with Gasteiger partial charge in [0.1, 0.15) is 5.75 Å². The van der Waals surface area contributed by atoms with Crippen LogP contribution in [0.1, 0.15) is 42.5 Å². The van der Waals surface area contributed by atoms with Gasteiger partial charge in [-0.3, -0.25) is 4.79 Å². The van der Waals surface area contributed by atoms with Crippen molar-refractivity contribution < 1.29 is 14.3 Å². The second-order valence-electron chi connectivity index (χ2n) is 4.65. The lowest BCUT2D eigenvalue weighted by Gasteiger charge is -2.09. The molecule has 1 unspecified atom stereocenters. The van der Waals surface area contributed by atoms with E-state index in [4.69, 9.17) is 9.47 Å². The Labute approximate surface area is 108 Å². The Morgan fingerprint density at radius 3 is 3.00 bits per heavy atom. The minimum absolute atomic E-state index is 0.158. The molecular formula is C15H20O3. The smallest absolute Gasteiger partial charge is 0.166 e. The van der Waals surface area contributed by atoms with Gasteiger partial charge in [-0.25, -0.2) is 0 Å². The summed E-state index contributed by atoms with van der Waals surface area (Å²) in [6.07, 6.45) is 5.12. The highest BCUT2D eigenvalue weighted by Crippen LogP contribution is 2.22. The van der Waals surface area contributed by atoms with Crippen molar-refractivity contribution in [3.63, 3.8) is 0 Å². The van der Waals surface area contributed by atoms with E-state index in [0.29, 0.717) is 23.8 Å². The summed E-state index contributed by atoms with van der Waals surface area (Å²) in [6.45, 7) is 0.880. The summed E-state index contributed by atoms with van der Waals surface area (Å²) in [6, 6.07) is 7.40. The summed E-state index contributed by atoms with van der Waals surface area (Å²) in [5, 5.41) is 0. The van der Waals surface area contributed by atoms with Gasteiger partial charge in [-0.05, 0) is 37.8 Å². The van der Waals surface area contributed by atoms with Crippen LogP contribution in [0.3, 0.4) is 0 Å². The highest BCUT2D eigenvalue weighted by Gasteiger charge is 2.16. The first-order valence-electron chi connectivity index (χ1n) is 6.59. The minimum atomic E-state index is 0.158. The fraction of sp³-hybridized carbons (Fsp3) is 0.533. The van der Waals surface area contributed by atoms with Crippen molar-refractivity contribution in [3.8, 4) is 5.75 Å². The molecule has 0 bridgehead atoms. The van der Waals surface area contributed by atoms with E-state index in [9.17, 15) is 4.79 Å². The molecular weight excluding hydrogens is 228 g/mol. The van der Waals surface area contributed by atoms with Crippen LogP contribution < -0.4 is 4.74 Å². The second-order valence-corrected chi connectivity index (χ2v) is 4.65. The van der Waals surface area contributed by atoms with E-state index in [1.165, 1.54) is 0 Å². The first kappa shape index (κ1) is 13.1. The van der Waals surface area contributed by atoms with Crippen LogP contribution in [-0.2, 0) is 4.74 Å². The van der Waals surface area contributed by atoms with E-state index >= 15 is 0 Å². The average molecular weight is 248 g/mol. The van der Waals surface area contributed by atoms with E-state index < -0.39 is 0 Å². The maximum absolute atomic E-state index is 12.1. The molecule has 0 aromatic heterocycles. The topological polar surface area (TPSA) is 35.5 Å². The van der Waals surface area contributed by atoms with Crippen LogP contribution in [0.5, 0.6) is 5.75 Å². The molecule has 0 spiro atoms.